The van der Waals surface area contributed by atoms with Gasteiger partial charge in [-0.3, -0.25) is 9.78 Å². The Morgan fingerprint density at radius 1 is 1.48 bits per heavy atom. The molecule has 0 radical (unpaired) electrons. The topological polar surface area (TPSA) is 107 Å². The molecule has 0 spiro atoms. The van der Waals surface area contributed by atoms with Crippen LogP contribution >= 0.6 is 0 Å². The summed E-state index contributed by atoms with van der Waals surface area (Å²) in [4.78, 5) is 20.3. The van der Waals surface area contributed by atoms with Crippen LogP contribution in [0.25, 0.3) is 5.65 Å². The number of nitrogens with one attached hydrogen (secondary N) is 1. The van der Waals surface area contributed by atoms with E-state index >= 15 is 0 Å². The molecule has 0 aromatic carbocycles. The second kappa shape index (κ2) is 5.87. The van der Waals surface area contributed by atoms with Crippen LogP contribution in [0.1, 0.15) is 17.3 Å². The van der Waals surface area contributed by atoms with E-state index in [1.807, 2.05) is 6.92 Å². The quantitative estimate of drug-likeness (QED) is 0.755. The molecule has 1 amide bonds. The third-order valence-corrected chi connectivity index (χ3v) is 3.02. The number of rotatable bonds is 4. The molecule has 0 unspecified atom stereocenters. The number of nitrogen functional groups attached to an aromatic ring is 1. The maximum absolute atomic E-state index is 13.2. The second-order valence-corrected chi connectivity index (χ2v) is 4.56. The van der Waals surface area contributed by atoms with Crippen LogP contribution < -0.4 is 15.8 Å². The largest absolute Gasteiger partial charge is 0.492 e. The number of fused-ring (bicyclic) bond motifs is 1. The van der Waals surface area contributed by atoms with Gasteiger partial charge in [-0.25, -0.2) is 13.9 Å². The van der Waals surface area contributed by atoms with E-state index in [0.717, 1.165) is 16.9 Å². The van der Waals surface area contributed by atoms with Crippen molar-refractivity contribution >= 4 is 23.1 Å². The zero-order valence-corrected chi connectivity index (χ0v) is 12.2. The number of aromatic nitrogens is 4. The fourth-order valence-corrected chi connectivity index (χ4v) is 2.09. The third-order valence-electron chi connectivity index (χ3n) is 3.02. The molecule has 3 heterocycles. The SMILES string of the molecule is CCOc1ccncc1NC(=O)c1c(N)nn2cc(F)cnc12. The number of ether oxygens (including phenoxy) is 1. The van der Waals surface area contributed by atoms with Crippen molar-refractivity contribution in [1.29, 1.82) is 0 Å². The normalized spacial score (nSPS) is 10.7. The van der Waals surface area contributed by atoms with Gasteiger partial charge in [0.2, 0.25) is 0 Å². The van der Waals surface area contributed by atoms with Gasteiger partial charge in [-0.2, -0.15) is 0 Å². The lowest BCUT2D eigenvalue weighted by molar-refractivity contribution is 0.102. The maximum atomic E-state index is 13.2. The van der Waals surface area contributed by atoms with Gasteiger partial charge in [0.1, 0.15) is 17.0 Å². The minimum absolute atomic E-state index is 0.0521. The first-order chi connectivity index (χ1) is 11.1. The molecule has 3 rings (SSSR count). The molecule has 3 aromatic rings. The number of hydrogen-bond donors (Lipinski definition) is 2. The van der Waals surface area contributed by atoms with Crippen molar-refractivity contribution in [3.8, 4) is 5.75 Å². The van der Waals surface area contributed by atoms with E-state index in [1.165, 1.54) is 6.20 Å². The summed E-state index contributed by atoms with van der Waals surface area (Å²) in [7, 11) is 0. The number of pyridine rings is 1. The Morgan fingerprint density at radius 2 is 2.30 bits per heavy atom. The molecule has 0 aliphatic heterocycles. The smallest absolute Gasteiger partial charge is 0.263 e. The number of anilines is 2. The van der Waals surface area contributed by atoms with Crippen molar-refractivity contribution in [3.63, 3.8) is 0 Å². The predicted octanol–water partition coefficient (Wildman–Crippen LogP) is 1.50. The average molecular weight is 316 g/mol. The zero-order chi connectivity index (χ0) is 16.4. The van der Waals surface area contributed by atoms with E-state index in [1.54, 1.807) is 12.3 Å². The summed E-state index contributed by atoms with van der Waals surface area (Å²) in [5, 5.41) is 6.53. The van der Waals surface area contributed by atoms with Crippen molar-refractivity contribution in [2.24, 2.45) is 0 Å². The van der Waals surface area contributed by atoms with Gasteiger partial charge in [-0.1, -0.05) is 0 Å². The van der Waals surface area contributed by atoms with Gasteiger partial charge in [-0.05, 0) is 6.92 Å². The molecule has 3 aromatic heterocycles. The van der Waals surface area contributed by atoms with E-state index in [9.17, 15) is 9.18 Å². The van der Waals surface area contributed by atoms with Crippen LogP contribution in [-0.4, -0.2) is 32.1 Å². The molecule has 3 N–H and O–H groups in total. The second-order valence-electron chi connectivity index (χ2n) is 4.56. The number of carbonyl (C=O) groups is 1. The summed E-state index contributed by atoms with van der Waals surface area (Å²) in [6.07, 6.45) is 5.08. The van der Waals surface area contributed by atoms with Gasteiger partial charge < -0.3 is 15.8 Å². The third kappa shape index (κ3) is 2.76. The molecule has 0 saturated heterocycles. The van der Waals surface area contributed by atoms with Gasteiger partial charge in [0.15, 0.2) is 17.3 Å². The molecule has 8 nitrogen and oxygen atoms in total. The molecule has 23 heavy (non-hydrogen) atoms. The van der Waals surface area contributed by atoms with Crippen LogP contribution in [0.4, 0.5) is 15.9 Å². The van der Waals surface area contributed by atoms with Crippen LogP contribution in [0.3, 0.4) is 0 Å². The lowest BCUT2D eigenvalue weighted by atomic mass is 10.2. The predicted molar refractivity (Wildman–Crippen MR) is 80.7 cm³/mol. The Hall–Kier alpha value is -3.23. The molecule has 0 saturated carbocycles. The first-order valence-electron chi connectivity index (χ1n) is 6.77. The number of nitrogens with zero attached hydrogens (tertiary/aromatic N) is 4. The number of hydrogen-bond acceptors (Lipinski definition) is 6. The van der Waals surface area contributed by atoms with Crippen molar-refractivity contribution in [3.05, 3.63) is 42.2 Å². The standard InChI is InChI=1S/C14H13FN6O2/c1-2-23-10-3-4-17-6-9(10)19-14(22)11-12(16)20-21-7-8(15)5-18-13(11)21/h3-7H,2H2,1H3,(H2,16,20)(H,19,22). The maximum Gasteiger partial charge on any atom is 0.263 e. The number of halogens is 1. The van der Waals surface area contributed by atoms with Crippen LogP contribution in [0, 0.1) is 5.82 Å². The molecular formula is C14H13FN6O2. The molecule has 9 heteroatoms. The molecular weight excluding hydrogens is 303 g/mol. The van der Waals surface area contributed by atoms with Gasteiger partial charge in [0.05, 0.1) is 25.2 Å². The Balaban J connectivity index is 1.97. The zero-order valence-electron chi connectivity index (χ0n) is 12.2. The molecule has 0 fully saturated rings. The van der Waals surface area contributed by atoms with E-state index in [4.69, 9.17) is 10.5 Å². The number of carbonyl (C=O) groups excluding carboxylic acids is 1. The molecule has 0 aliphatic rings. The van der Waals surface area contributed by atoms with Gasteiger partial charge in [0, 0.05) is 12.3 Å². The highest BCUT2D eigenvalue weighted by molar-refractivity contribution is 6.11. The van der Waals surface area contributed by atoms with Crippen molar-refractivity contribution in [2.45, 2.75) is 6.92 Å². The lowest BCUT2D eigenvalue weighted by Crippen LogP contribution is -2.15. The fourth-order valence-electron chi connectivity index (χ4n) is 2.09. The first-order valence-corrected chi connectivity index (χ1v) is 6.77. The highest BCUT2D eigenvalue weighted by Crippen LogP contribution is 2.25. The van der Waals surface area contributed by atoms with E-state index in [0.29, 0.717) is 18.0 Å². The van der Waals surface area contributed by atoms with E-state index in [2.05, 4.69) is 20.4 Å². The summed E-state index contributed by atoms with van der Waals surface area (Å²) in [6.45, 7) is 2.26. The number of nitrogens with two attached hydrogens (primary N) is 1. The monoisotopic (exact) mass is 316 g/mol. The van der Waals surface area contributed by atoms with Gasteiger partial charge in [0.25, 0.3) is 5.91 Å². The average Bonchev–Trinajstić information content (AvgIpc) is 2.84. The Bertz CT molecular complexity index is 879. The Labute approximate surface area is 130 Å². The highest BCUT2D eigenvalue weighted by Gasteiger charge is 2.20. The Morgan fingerprint density at radius 3 is 3.09 bits per heavy atom. The summed E-state index contributed by atoms with van der Waals surface area (Å²) < 4.78 is 19.7. The molecule has 0 aliphatic carbocycles. The van der Waals surface area contributed by atoms with Crippen LogP contribution in [0.2, 0.25) is 0 Å². The van der Waals surface area contributed by atoms with Crippen molar-refractivity contribution in [2.75, 3.05) is 17.7 Å². The summed E-state index contributed by atoms with van der Waals surface area (Å²) in [6, 6.07) is 1.63. The van der Waals surface area contributed by atoms with Gasteiger partial charge in [-0.15, -0.1) is 5.10 Å². The highest BCUT2D eigenvalue weighted by atomic mass is 19.1. The summed E-state index contributed by atoms with van der Waals surface area (Å²) in [5.74, 6) is -0.698. The van der Waals surface area contributed by atoms with E-state index in [-0.39, 0.29) is 17.0 Å². The van der Waals surface area contributed by atoms with Gasteiger partial charge >= 0.3 is 0 Å². The minimum atomic E-state index is -0.585. The lowest BCUT2D eigenvalue weighted by Gasteiger charge is -2.10. The summed E-state index contributed by atoms with van der Waals surface area (Å²) in [5.41, 5.74) is 6.35. The van der Waals surface area contributed by atoms with E-state index < -0.39 is 11.7 Å². The van der Waals surface area contributed by atoms with Crippen LogP contribution in [-0.2, 0) is 0 Å². The number of amides is 1. The van der Waals surface area contributed by atoms with Crippen molar-refractivity contribution in [1.82, 2.24) is 19.6 Å². The summed E-state index contributed by atoms with van der Waals surface area (Å²) >= 11 is 0. The fraction of sp³-hybridized carbons (Fsp3) is 0.143. The minimum Gasteiger partial charge on any atom is -0.492 e. The van der Waals surface area contributed by atoms with Crippen LogP contribution in [0.15, 0.2) is 30.9 Å². The first kappa shape index (κ1) is 14.7. The Kier molecular flexibility index (Phi) is 3.75. The molecule has 0 atom stereocenters. The van der Waals surface area contributed by atoms with Crippen molar-refractivity contribution < 1.29 is 13.9 Å². The van der Waals surface area contributed by atoms with Crippen LogP contribution in [0.5, 0.6) is 5.75 Å². The molecule has 0 bridgehead atoms. The molecule has 118 valence electrons.